The van der Waals surface area contributed by atoms with Crippen molar-refractivity contribution >= 4 is 11.6 Å². The summed E-state index contributed by atoms with van der Waals surface area (Å²) in [6.07, 6.45) is 1.24. The van der Waals surface area contributed by atoms with Gasteiger partial charge in [0.25, 0.3) is 0 Å². The quantitative estimate of drug-likeness (QED) is 0.705. The molecule has 92 valence electrons. The van der Waals surface area contributed by atoms with Gasteiger partial charge < -0.3 is 15.7 Å². The molecule has 1 saturated heterocycles. The molecule has 0 aromatic heterocycles. The Morgan fingerprint density at radius 2 is 2.06 bits per heavy atom. The van der Waals surface area contributed by atoms with Crippen LogP contribution in [-0.2, 0) is 11.2 Å². The minimum Gasteiger partial charge on any atom is -0.396 e. The molecule has 2 rings (SSSR count). The fraction of sp³-hybridized carbons (Fsp3) is 0.462. The SMILES string of the molecule is O=C(CC1CNC1)Nc1ccc(CCO)cc1. The highest BCUT2D eigenvalue weighted by Crippen LogP contribution is 2.13. The monoisotopic (exact) mass is 234 g/mol. The number of amides is 1. The fourth-order valence-electron chi connectivity index (χ4n) is 1.85. The molecule has 0 saturated carbocycles. The van der Waals surface area contributed by atoms with Gasteiger partial charge in [0.1, 0.15) is 0 Å². The summed E-state index contributed by atoms with van der Waals surface area (Å²) in [5.41, 5.74) is 1.90. The van der Waals surface area contributed by atoms with Crippen molar-refractivity contribution in [2.24, 2.45) is 5.92 Å². The van der Waals surface area contributed by atoms with Crippen LogP contribution in [-0.4, -0.2) is 30.7 Å². The average Bonchev–Trinajstić information content (AvgIpc) is 2.27. The first-order valence-electron chi connectivity index (χ1n) is 5.98. The Balaban J connectivity index is 1.82. The molecule has 1 aromatic carbocycles. The van der Waals surface area contributed by atoms with Crippen LogP contribution < -0.4 is 10.6 Å². The van der Waals surface area contributed by atoms with Crippen molar-refractivity contribution in [2.75, 3.05) is 25.0 Å². The first-order valence-corrected chi connectivity index (χ1v) is 5.98. The third-order valence-corrected chi connectivity index (χ3v) is 2.98. The average molecular weight is 234 g/mol. The van der Waals surface area contributed by atoms with Crippen LogP contribution >= 0.6 is 0 Å². The van der Waals surface area contributed by atoms with E-state index in [1.54, 1.807) is 0 Å². The Morgan fingerprint density at radius 1 is 1.35 bits per heavy atom. The Morgan fingerprint density at radius 3 is 2.59 bits per heavy atom. The predicted octanol–water partition coefficient (Wildman–Crippen LogP) is 0.769. The van der Waals surface area contributed by atoms with Gasteiger partial charge in [0.15, 0.2) is 0 Å². The van der Waals surface area contributed by atoms with Crippen molar-refractivity contribution in [3.05, 3.63) is 29.8 Å². The number of aliphatic hydroxyl groups excluding tert-OH is 1. The number of carbonyl (C=O) groups excluding carboxylic acids is 1. The topological polar surface area (TPSA) is 61.4 Å². The zero-order valence-corrected chi connectivity index (χ0v) is 9.78. The van der Waals surface area contributed by atoms with Gasteiger partial charge in [0.2, 0.25) is 5.91 Å². The van der Waals surface area contributed by atoms with E-state index in [9.17, 15) is 4.79 Å². The van der Waals surface area contributed by atoms with Crippen LogP contribution in [0.2, 0.25) is 0 Å². The van der Waals surface area contributed by atoms with Crippen LogP contribution in [0.5, 0.6) is 0 Å². The van der Waals surface area contributed by atoms with Gasteiger partial charge in [-0.15, -0.1) is 0 Å². The Hall–Kier alpha value is -1.39. The minimum absolute atomic E-state index is 0.0754. The molecule has 1 fully saturated rings. The summed E-state index contributed by atoms with van der Waals surface area (Å²) in [6.45, 7) is 2.05. The maximum atomic E-state index is 11.6. The number of benzene rings is 1. The number of nitrogens with one attached hydrogen (secondary N) is 2. The van der Waals surface area contributed by atoms with Gasteiger partial charge in [0, 0.05) is 18.7 Å². The standard InChI is InChI=1S/C13H18N2O2/c16-6-5-10-1-3-12(4-2-10)15-13(17)7-11-8-14-9-11/h1-4,11,14,16H,5-9H2,(H,15,17). The summed E-state index contributed by atoms with van der Waals surface area (Å²) in [5, 5.41) is 14.8. The third-order valence-electron chi connectivity index (χ3n) is 2.98. The van der Waals surface area contributed by atoms with E-state index in [1.807, 2.05) is 24.3 Å². The van der Waals surface area contributed by atoms with Gasteiger partial charge >= 0.3 is 0 Å². The van der Waals surface area contributed by atoms with Crippen molar-refractivity contribution < 1.29 is 9.90 Å². The molecular formula is C13H18N2O2. The van der Waals surface area contributed by atoms with E-state index in [4.69, 9.17) is 5.11 Å². The lowest BCUT2D eigenvalue weighted by atomic mass is 9.99. The second-order valence-corrected chi connectivity index (χ2v) is 4.45. The summed E-state index contributed by atoms with van der Waals surface area (Å²) < 4.78 is 0. The summed E-state index contributed by atoms with van der Waals surface area (Å²) in [4.78, 5) is 11.6. The number of rotatable bonds is 5. The van der Waals surface area contributed by atoms with Crippen LogP contribution in [0.1, 0.15) is 12.0 Å². The zero-order valence-electron chi connectivity index (χ0n) is 9.78. The van der Waals surface area contributed by atoms with Crippen molar-refractivity contribution in [3.63, 3.8) is 0 Å². The molecule has 0 radical (unpaired) electrons. The van der Waals surface area contributed by atoms with Gasteiger partial charge in [0.05, 0.1) is 0 Å². The van der Waals surface area contributed by atoms with Crippen molar-refractivity contribution in [1.82, 2.24) is 5.32 Å². The highest BCUT2D eigenvalue weighted by atomic mass is 16.2. The first-order chi connectivity index (χ1) is 8.28. The highest BCUT2D eigenvalue weighted by Gasteiger charge is 2.19. The largest absolute Gasteiger partial charge is 0.396 e. The Bertz CT molecular complexity index is 372. The summed E-state index contributed by atoms with van der Waals surface area (Å²) in [7, 11) is 0. The second kappa shape index (κ2) is 5.80. The number of aliphatic hydroxyl groups is 1. The molecule has 0 aliphatic carbocycles. The van der Waals surface area contributed by atoms with Gasteiger partial charge in [-0.25, -0.2) is 0 Å². The molecule has 0 bridgehead atoms. The van der Waals surface area contributed by atoms with E-state index in [0.717, 1.165) is 24.3 Å². The Kier molecular flexibility index (Phi) is 4.12. The zero-order chi connectivity index (χ0) is 12.1. The number of hydrogen-bond acceptors (Lipinski definition) is 3. The van der Waals surface area contributed by atoms with E-state index in [1.165, 1.54) is 0 Å². The molecule has 0 atom stereocenters. The molecule has 0 spiro atoms. The molecule has 0 unspecified atom stereocenters. The molecule has 4 nitrogen and oxygen atoms in total. The molecule has 1 aliphatic heterocycles. The van der Waals surface area contributed by atoms with Gasteiger partial charge in [-0.3, -0.25) is 4.79 Å². The van der Waals surface area contributed by atoms with Crippen LogP contribution in [0.25, 0.3) is 0 Å². The van der Waals surface area contributed by atoms with Crippen LogP contribution in [0.15, 0.2) is 24.3 Å². The van der Waals surface area contributed by atoms with Gasteiger partial charge in [-0.1, -0.05) is 12.1 Å². The molecule has 1 aliphatic rings. The van der Waals surface area contributed by atoms with Crippen LogP contribution in [0.3, 0.4) is 0 Å². The summed E-state index contributed by atoms with van der Waals surface area (Å²) in [6, 6.07) is 7.61. The van der Waals surface area contributed by atoms with Crippen molar-refractivity contribution in [1.29, 1.82) is 0 Å². The maximum Gasteiger partial charge on any atom is 0.224 e. The Labute approximate surface area is 101 Å². The molecule has 1 aromatic rings. The lowest BCUT2D eigenvalue weighted by Gasteiger charge is -2.26. The van der Waals surface area contributed by atoms with E-state index < -0.39 is 0 Å². The van der Waals surface area contributed by atoms with Gasteiger partial charge in [-0.05, 0) is 43.1 Å². The van der Waals surface area contributed by atoms with Crippen molar-refractivity contribution in [2.45, 2.75) is 12.8 Å². The molecule has 1 heterocycles. The number of anilines is 1. The highest BCUT2D eigenvalue weighted by molar-refractivity contribution is 5.90. The summed E-state index contributed by atoms with van der Waals surface area (Å²) in [5.74, 6) is 0.565. The molecule has 17 heavy (non-hydrogen) atoms. The molecule has 1 amide bonds. The molecule has 4 heteroatoms. The van der Waals surface area contributed by atoms with Crippen LogP contribution in [0.4, 0.5) is 5.69 Å². The normalized spacial score (nSPS) is 15.4. The fourth-order valence-corrected chi connectivity index (χ4v) is 1.85. The first kappa shape index (κ1) is 12.1. The van der Waals surface area contributed by atoms with E-state index >= 15 is 0 Å². The number of hydrogen-bond donors (Lipinski definition) is 3. The number of carbonyl (C=O) groups is 1. The van der Waals surface area contributed by atoms with E-state index in [-0.39, 0.29) is 12.5 Å². The maximum absolute atomic E-state index is 11.6. The van der Waals surface area contributed by atoms with Gasteiger partial charge in [-0.2, -0.15) is 0 Å². The van der Waals surface area contributed by atoms with E-state index in [2.05, 4.69) is 10.6 Å². The second-order valence-electron chi connectivity index (χ2n) is 4.45. The predicted molar refractivity (Wildman–Crippen MR) is 66.8 cm³/mol. The van der Waals surface area contributed by atoms with E-state index in [0.29, 0.717) is 18.8 Å². The van der Waals surface area contributed by atoms with Crippen LogP contribution in [0, 0.1) is 5.92 Å². The van der Waals surface area contributed by atoms with Crippen molar-refractivity contribution in [3.8, 4) is 0 Å². The lowest BCUT2D eigenvalue weighted by molar-refractivity contribution is -0.117. The third kappa shape index (κ3) is 3.54. The minimum atomic E-state index is 0.0754. The lowest BCUT2D eigenvalue weighted by Crippen LogP contribution is -2.43. The molecule has 3 N–H and O–H groups in total. The smallest absolute Gasteiger partial charge is 0.224 e. The molecular weight excluding hydrogens is 216 g/mol. The summed E-state index contributed by atoms with van der Waals surface area (Å²) >= 11 is 0.